The van der Waals surface area contributed by atoms with Crippen molar-refractivity contribution < 1.29 is 9.47 Å². The molecule has 0 saturated carbocycles. The number of rotatable bonds is 4. The van der Waals surface area contributed by atoms with Crippen LogP contribution in [0.4, 0.5) is 0 Å². The lowest BCUT2D eigenvalue weighted by Crippen LogP contribution is -2.45. The topological polar surface area (TPSA) is 18.5 Å². The van der Waals surface area contributed by atoms with Gasteiger partial charge in [0.1, 0.15) is 0 Å². The van der Waals surface area contributed by atoms with Gasteiger partial charge in [-0.1, -0.05) is 44.0 Å². The molecule has 106 valence electrons. The molecule has 1 aromatic rings. The molecule has 1 aliphatic heterocycles. The van der Waals surface area contributed by atoms with Crippen LogP contribution in [0, 0.1) is 5.92 Å². The SMILES string of the molecule is CCC[C@@H]1O[C@](C)(c2ccc(Cl)cc2)OC[C@H]1CC. The minimum absolute atomic E-state index is 0.282. The molecule has 2 nitrogen and oxygen atoms in total. The number of benzene rings is 1. The van der Waals surface area contributed by atoms with E-state index in [4.69, 9.17) is 21.1 Å². The van der Waals surface area contributed by atoms with Gasteiger partial charge < -0.3 is 9.47 Å². The van der Waals surface area contributed by atoms with Crippen LogP contribution in [0.3, 0.4) is 0 Å². The van der Waals surface area contributed by atoms with Crippen molar-refractivity contribution in [2.45, 2.75) is 51.9 Å². The van der Waals surface area contributed by atoms with Crippen LogP contribution in [0.1, 0.15) is 45.6 Å². The van der Waals surface area contributed by atoms with Crippen molar-refractivity contribution in [2.75, 3.05) is 6.61 Å². The second-order valence-electron chi connectivity index (χ2n) is 5.38. The van der Waals surface area contributed by atoms with Gasteiger partial charge in [-0.25, -0.2) is 0 Å². The lowest BCUT2D eigenvalue weighted by Gasteiger charge is -2.43. The van der Waals surface area contributed by atoms with Crippen LogP contribution >= 0.6 is 11.6 Å². The molecule has 1 fully saturated rings. The molecule has 1 heterocycles. The van der Waals surface area contributed by atoms with Crippen LogP contribution in [0.2, 0.25) is 5.02 Å². The van der Waals surface area contributed by atoms with Crippen molar-refractivity contribution in [2.24, 2.45) is 5.92 Å². The van der Waals surface area contributed by atoms with E-state index in [1.165, 1.54) is 0 Å². The Kier molecular flexibility index (Phi) is 4.88. The summed E-state index contributed by atoms with van der Waals surface area (Å²) in [5, 5.41) is 0.736. The van der Waals surface area contributed by atoms with Crippen molar-refractivity contribution >= 4 is 11.6 Å². The molecule has 2 rings (SSSR count). The van der Waals surface area contributed by atoms with E-state index in [1.54, 1.807) is 0 Å². The van der Waals surface area contributed by atoms with E-state index in [1.807, 2.05) is 31.2 Å². The van der Waals surface area contributed by atoms with Gasteiger partial charge in [-0.05, 0) is 31.9 Å². The van der Waals surface area contributed by atoms with E-state index in [2.05, 4.69) is 13.8 Å². The zero-order valence-electron chi connectivity index (χ0n) is 12.0. The Balaban J connectivity index is 2.17. The van der Waals surface area contributed by atoms with E-state index in [-0.39, 0.29) is 6.10 Å². The Bertz CT molecular complexity index is 404. The first kappa shape index (κ1) is 14.8. The third-order valence-corrected chi connectivity index (χ3v) is 4.19. The molecular formula is C16H23ClO2. The highest BCUT2D eigenvalue weighted by Gasteiger charge is 2.39. The van der Waals surface area contributed by atoms with Crippen LogP contribution in [-0.4, -0.2) is 12.7 Å². The number of hydrogen-bond donors (Lipinski definition) is 0. The lowest BCUT2D eigenvalue weighted by atomic mass is 9.93. The van der Waals surface area contributed by atoms with Crippen molar-refractivity contribution in [1.82, 2.24) is 0 Å². The second kappa shape index (κ2) is 6.25. The maximum atomic E-state index is 6.28. The van der Waals surface area contributed by atoms with Crippen molar-refractivity contribution in [3.05, 3.63) is 34.9 Å². The monoisotopic (exact) mass is 282 g/mol. The third-order valence-electron chi connectivity index (χ3n) is 3.94. The molecule has 0 amide bonds. The molecule has 0 radical (unpaired) electrons. The van der Waals surface area contributed by atoms with Crippen LogP contribution in [0.15, 0.2) is 24.3 Å². The Morgan fingerprint density at radius 2 is 1.95 bits per heavy atom. The zero-order chi connectivity index (χ0) is 13.9. The largest absolute Gasteiger partial charge is 0.346 e. The summed E-state index contributed by atoms with van der Waals surface area (Å²) >= 11 is 5.94. The molecule has 1 aromatic carbocycles. The van der Waals surface area contributed by atoms with E-state index in [0.29, 0.717) is 5.92 Å². The van der Waals surface area contributed by atoms with E-state index < -0.39 is 5.79 Å². The fourth-order valence-corrected chi connectivity index (χ4v) is 2.78. The van der Waals surface area contributed by atoms with Crippen molar-refractivity contribution in [3.8, 4) is 0 Å². The summed E-state index contributed by atoms with van der Waals surface area (Å²) in [5.74, 6) is -0.142. The van der Waals surface area contributed by atoms with Gasteiger partial charge in [0.15, 0.2) is 5.79 Å². The minimum Gasteiger partial charge on any atom is -0.346 e. The maximum Gasteiger partial charge on any atom is 0.192 e. The van der Waals surface area contributed by atoms with Gasteiger partial charge in [-0.15, -0.1) is 0 Å². The summed E-state index contributed by atoms with van der Waals surface area (Å²) in [5.41, 5.74) is 1.03. The zero-order valence-corrected chi connectivity index (χ0v) is 12.7. The fraction of sp³-hybridized carbons (Fsp3) is 0.625. The number of hydrogen-bond acceptors (Lipinski definition) is 2. The molecular weight excluding hydrogens is 260 g/mol. The van der Waals surface area contributed by atoms with Crippen LogP contribution in [0.5, 0.6) is 0 Å². The molecule has 0 aromatic heterocycles. The molecule has 0 bridgehead atoms. The quantitative estimate of drug-likeness (QED) is 0.793. The smallest absolute Gasteiger partial charge is 0.192 e. The van der Waals surface area contributed by atoms with E-state index in [9.17, 15) is 0 Å². The summed E-state index contributed by atoms with van der Waals surface area (Å²) in [6.07, 6.45) is 3.61. The second-order valence-corrected chi connectivity index (χ2v) is 5.81. The van der Waals surface area contributed by atoms with Gasteiger partial charge in [0.2, 0.25) is 0 Å². The summed E-state index contributed by atoms with van der Waals surface area (Å²) in [4.78, 5) is 0. The fourth-order valence-electron chi connectivity index (χ4n) is 2.66. The third kappa shape index (κ3) is 3.31. The summed E-state index contributed by atoms with van der Waals surface area (Å²) < 4.78 is 12.3. The first-order chi connectivity index (χ1) is 9.09. The first-order valence-corrected chi connectivity index (χ1v) is 7.54. The van der Waals surface area contributed by atoms with Gasteiger partial charge >= 0.3 is 0 Å². The van der Waals surface area contributed by atoms with Crippen LogP contribution < -0.4 is 0 Å². The highest BCUT2D eigenvalue weighted by Crippen LogP contribution is 2.37. The summed E-state index contributed by atoms with van der Waals surface area (Å²) in [6.45, 7) is 7.17. The minimum atomic E-state index is -0.643. The molecule has 0 spiro atoms. The van der Waals surface area contributed by atoms with Gasteiger partial charge in [0.25, 0.3) is 0 Å². The average molecular weight is 283 g/mol. The predicted molar refractivity (Wildman–Crippen MR) is 78.3 cm³/mol. The molecule has 0 N–H and O–H groups in total. The van der Waals surface area contributed by atoms with Crippen molar-refractivity contribution in [3.63, 3.8) is 0 Å². The number of ether oxygens (including phenoxy) is 2. The lowest BCUT2D eigenvalue weighted by molar-refractivity contribution is -0.312. The summed E-state index contributed by atoms with van der Waals surface area (Å²) in [6, 6.07) is 7.74. The Labute approximate surface area is 121 Å². The predicted octanol–water partition coefficient (Wildman–Crippen LogP) is 4.75. The summed E-state index contributed by atoms with van der Waals surface area (Å²) in [7, 11) is 0. The standard InChI is InChI=1S/C16H23ClO2/c1-4-6-15-12(5-2)11-18-16(3,19-15)13-7-9-14(17)10-8-13/h7-10,12,15H,4-6,11H2,1-3H3/t12-,15+,16-/m1/s1. The normalized spacial score (nSPS) is 31.4. The van der Waals surface area contributed by atoms with Crippen molar-refractivity contribution in [1.29, 1.82) is 0 Å². The number of halogens is 1. The van der Waals surface area contributed by atoms with Crippen LogP contribution in [0.25, 0.3) is 0 Å². The molecule has 3 heteroatoms. The molecule has 0 aliphatic carbocycles. The van der Waals surface area contributed by atoms with Crippen LogP contribution in [-0.2, 0) is 15.3 Å². The highest BCUT2D eigenvalue weighted by atomic mass is 35.5. The highest BCUT2D eigenvalue weighted by molar-refractivity contribution is 6.30. The molecule has 3 atom stereocenters. The molecule has 19 heavy (non-hydrogen) atoms. The average Bonchev–Trinajstić information content (AvgIpc) is 2.40. The van der Waals surface area contributed by atoms with Gasteiger partial charge in [0, 0.05) is 16.5 Å². The van der Waals surface area contributed by atoms with Gasteiger partial charge in [-0.2, -0.15) is 0 Å². The van der Waals surface area contributed by atoms with E-state index in [0.717, 1.165) is 36.5 Å². The Morgan fingerprint density at radius 1 is 1.26 bits per heavy atom. The first-order valence-electron chi connectivity index (χ1n) is 7.17. The van der Waals surface area contributed by atoms with Gasteiger partial charge in [0.05, 0.1) is 12.7 Å². The molecule has 1 aliphatic rings. The molecule has 1 saturated heterocycles. The van der Waals surface area contributed by atoms with E-state index >= 15 is 0 Å². The molecule has 0 unspecified atom stereocenters. The Hall–Kier alpha value is -0.570. The van der Waals surface area contributed by atoms with Gasteiger partial charge in [-0.3, -0.25) is 0 Å². The maximum absolute atomic E-state index is 6.28. The Morgan fingerprint density at radius 3 is 2.53 bits per heavy atom.